The zero-order valence-electron chi connectivity index (χ0n) is 11.9. The van der Waals surface area contributed by atoms with Crippen molar-refractivity contribution in [2.45, 2.75) is 31.6 Å². The van der Waals surface area contributed by atoms with Crippen molar-refractivity contribution in [1.82, 2.24) is 5.32 Å². The van der Waals surface area contributed by atoms with E-state index in [1.807, 2.05) is 11.8 Å². The molecule has 2 unspecified atom stereocenters. The number of thioether (sulfide) groups is 1. The SMILES string of the molecule is CC(C)SCC(Oc1cccc(F)c1Cl)C1CCNC1. The number of rotatable bonds is 6. The summed E-state index contributed by atoms with van der Waals surface area (Å²) in [6, 6.07) is 4.72. The van der Waals surface area contributed by atoms with Crippen LogP contribution in [-0.2, 0) is 0 Å². The predicted octanol–water partition coefficient (Wildman–Crippen LogP) is 3.98. The summed E-state index contributed by atoms with van der Waals surface area (Å²) < 4.78 is 19.5. The van der Waals surface area contributed by atoms with Crippen LogP contribution in [0.25, 0.3) is 0 Å². The smallest absolute Gasteiger partial charge is 0.145 e. The van der Waals surface area contributed by atoms with Crippen molar-refractivity contribution in [3.8, 4) is 5.75 Å². The van der Waals surface area contributed by atoms with E-state index in [0.29, 0.717) is 16.9 Å². The summed E-state index contributed by atoms with van der Waals surface area (Å²) in [4.78, 5) is 0. The first-order chi connectivity index (χ1) is 9.58. The molecule has 1 saturated heterocycles. The van der Waals surface area contributed by atoms with Gasteiger partial charge < -0.3 is 10.1 Å². The molecule has 2 nitrogen and oxygen atoms in total. The van der Waals surface area contributed by atoms with Gasteiger partial charge in [-0.3, -0.25) is 0 Å². The second-order valence-electron chi connectivity index (χ2n) is 5.34. The van der Waals surface area contributed by atoms with Gasteiger partial charge in [-0.1, -0.05) is 31.5 Å². The normalized spacial score (nSPS) is 20.4. The van der Waals surface area contributed by atoms with E-state index in [0.717, 1.165) is 25.3 Å². The van der Waals surface area contributed by atoms with Gasteiger partial charge in [-0.25, -0.2) is 4.39 Å². The third kappa shape index (κ3) is 4.27. The van der Waals surface area contributed by atoms with Gasteiger partial charge >= 0.3 is 0 Å². The second kappa shape index (κ2) is 7.53. The number of ether oxygens (including phenoxy) is 1. The summed E-state index contributed by atoms with van der Waals surface area (Å²) in [5, 5.41) is 3.99. The predicted molar refractivity (Wildman–Crippen MR) is 84.4 cm³/mol. The van der Waals surface area contributed by atoms with Crippen LogP contribution in [0.2, 0.25) is 5.02 Å². The Balaban J connectivity index is 2.07. The van der Waals surface area contributed by atoms with Gasteiger partial charge in [0.05, 0.1) is 0 Å². The zero-order chi connectivity index (χ0) is 14.5. The zero-order valence-corrected chi connectivity index (χ0v) is 13.4. The third-order valence-electron chi connectivity index (χ3n) is 3.41. The second-order valence-corrected chi connectivity index (χ2v) is 7.33. The molecule has 1 aliphatic rings. The molecule has 0 aliphatic carbocycles. The van der Waals surface area contributed by atoms with Gasteiger partial charge in [-0.2, -0.15) is 11.8 Å². The molecule has 0 amide bonds. The molecule has 0 saturated carbocycles. The molecular weight excluding hydrogens is 297 g/mol. The largest absolute Gasteiger partial charge is 0.488 e. The minimum atomic E-state index is -0.427. The Morgan fingerprint density at radius 3 is 2.95 bits per heavy atom. The van der Waals surface area contributed by atoms with E-state index < -0.39 is 5.82 Å². The molecule has 1 N–H and O–H groups in total. The lowest BCUT2D eigenvalue weighted by Gasteiger charge is -2.25. The molecular formula is C15H21ClFNOS. The number of halogens is 2. The topological polar surface area (TPSA) is 21.3 Å². The lowest BCUT2D eigenvalue weighted by atomic mass is 10.0. The van der Waals surface area contributed by atoms with Crippen LogP contribution in [0.4, 0.5) is 4.39 Å². The monoisotopic (exact) mass is 317 g/mol. The Morgan fingerprint density at radius 1 is 1.50 bits per heavy atom. The van der Waals surface area contributed by atoms with Crippen LogP contribution in [0.15, 0.2) is 18.2 Å². The highest BCUT2D eigenvalue weighted by Gasteiger charge is 2.27. The van der Waals surface area contributed by atoms with Gasteiger partial charge in [0.25, 0.3) is 0 Å². The Morgan fingerprint density at radius 2 is 2.30 bits per heavy atom. The van der Waals surface area contributed by atoms with Gasteiger partial charge in [0.1, 0.15) is 22.7 Å². The molecule has 0 bridgehead atoms. The Hall–Kier alpha value is -0.450. The molecule has 112 valence electrons. The van der Waals surface area contributed by atoms with Gasteiger partial charge in [0.2, 0.25) is 0 Å². The Bertz CT molecular complexity index is 438. The lowest BCUT2D eigenvalue weighted by Crippen LogP contribution is -2.31. The van der Waals surface area contributed by atoms with Gasteiger partial charge in [0.15, 0.2) is 0 Å². The van der Waals surface area contributed by atoms with E-state index in [9.17, 15) is 4.39 Å². The third-order valence-corrected chi connectivity index (χ3v) is 4.97. The van der Waals surface area contributed by atoms with Crippen LogP contribution in [0, 0.1) is 11.7 Å². The van der Waals surface area contributed by atoms with Crippen molar-refractivity contribution >= 4 is 23.4 Å². The molecule has 2 rings (SSSR count). The quantitative estimate of drug-likeness (QED) is 0.857. The standard InChI is InChI=1S/C15H21ClFNOS/c1-10(2)20-9-14(11-6-7-18-8-11)19-13-5-3-4-12(17)15(13)16/h3-5,10-11,14,18H,6-9H2,1-2H3. The van der Waals surface area contributed by atoms with E-state index in [4.69, 9.17) is 16.3 Å². The van der Waals surface area contributed by atoms with E-state index in [1.54, 1.807) is 12.1 Å². The minimum Gasteiger partial charge on any atom is -0.488 e. The number of hydrogen-bond acceptors (Lipinski definition) is 3. The van der Waals surface area contributed by atoms with E-state index in [2.05, 4.69) is 19.2 Å². The molecule has 2 atom stereocenters. The fourth-order valence-corrected chi connectivity index (χ4v) is 3.37. The maximum absolute atomic E-state index is 13.5. The van der Waals surface area contributed by atoms with E-state index in [-0.39, 0.29) is 11.1 Å². The fourth-order valence-electron chi connectivity index (χ4n) is 2.29. The number of nitrogens with one attached hydrogen (secondary N) is 1. The first-order valence-electron chi connectivity index (χ1n) is 7.01. The van der Waals surface area contributed by atoms with Crippen LogP contribution in [0.3, 0.4) is 0 Å². The summed E-state index contributed by atoms with van der Waals surface area (Å²) in [7, 11) is 0. The number of hydrogen-bond donors (Lipinski definition) is 1. The maximum atomic E-state index is 13.5. The molecule has 0 radical (unpaired) electrons. The van der Waals surface area contributed by atoms with Gasteiger partial charge in [0, 0.05) is 18.2 Å². The number of benzene rings is 1. The summed E-state index contributed by atoms with van der Waals surface area (Å²) in [6.07, 6.45) is 1.16. The van der Waals surface area contributed by atoms with E-state index >= 15 is 0 Å². The average molecular weight is 318 g/mol. The molecule has 0 aromatic heterocycles. The fraction of sp³-hybridized carbons (Fsp3) is 0.600. The summed E-state index contributed by atoms with van der Waals surface area (Å²) in [6.45, 7) is 6.32. The minimum absolute atomic E-state index is 0.0664. The molecule has 1 heterocycles. The summed E-state index contributed by atoms with van der Waals surface area (Å²) >= 11 is 7.85. The van der Waals surface area contributed by atoms with Crippen LogP contribution < -0.4 is 10.1 Å². The average Bonchev–Trinajstić information content (AvgIpc) is 2.93. The van der Waals surface area contributed by atoms with Crippen molar-refractivity contribution in [3.63, 3.8) is 0 Å². The summed E-state index contributed by atoms with van der Waals surface area (Å²) in [5.41, 5.74) is 0. The molecule has 1 fully saturated rings. The molecule has 1 aromatic carbocycles. The lowest BCUT2D eigenvalue weighted by molar-refractivity contribution is 0.165. The van der Waals surface area contributed by atoms with Crippen LogP contribution in [-0.4, -0.2) is 30.2 Å². The molecule has 0 spiro atoms. The first-order valence-corrected chi connectivity index (χ1v) is 8.43. The first kappa shape index (κ1) is 15.9. The Kier molecular flexibility index (Phi) is 6.00. The van der Waals surface area contributed by atoms with Crippen LogP contribution in [0.5, 0.6) is 5.75 Å². The molecule has 1 aliphatic heterocycles. The van der Waals surface area contributed by atoms with Crippen LogP contribution >= 0.6 is 23.4 Å². The highest BCUT2D eigenvalue weighted by molar-refractivity contribution is 7.99. The molecule has 1 aromatic rings. The summed E-state index contributed by atoms with van der Waals surface area (Å²) in [5.74, 6) is 1.38. The van der Waals surface area contributed by atoms with Gasteiger partial charge in [-0.15, -0.1) is 0 Å². The van der Waals surface area contributed by atoms with E-state index in [1.165, 1.54) is 6.07 Å². The van der Waals surface area contributed by atoms with Crippen molar-refractivity contribution in [2.24, 2.45) is 5.92 Å². The van der Waals surface area contributed by atoms with Crippen LogP contribution in [0.1, 0.15) is 20.3 Å². The molecule has 20 heavy (non-hydrogen) atoms. The Labute approximate surface area is 129 Å². The maximum Gasteiger partial charge on any atom is 0.145 e. The molecule has 5 heteroatoms. The van der Waals surface area contributed by atoms with Crippen molar-refractivity contribution in [2.75, 3.05) is 18.8 Å². The highest BCUT2D eigenvalue weighted by Crippen LogP contribution is 2.31. The van der Waals surface area contributed by atoms with Crippen molar-refractivity contribution < 1.29 is 9.13 Å². The van der Waals surface area contributed by atoms with Crippen molar-refractivity contribution in [3.05, 3.63) is 29.0 Å². The van der Waals surface area contributed by atoms with Gasteiger partial charge in [-0.05, 0) is 30.3 Å². The van der Waals surface area contributed by atoms with Crippen molar-refractivity contribution in [1.29, 1.82) is 0 Å². The highest BCUT2D eigenvalue weighted by atomic mass is 35.5.